The highest BCUT2D eigenvalue weighted by atomic mass is 32.2. The first-order valence-electron chi connectivity index (χ1n) is 8.16. The summed E-state index contributed by atoms with van der Waals surface area (Å²) in [5.74, 6) is 1.10. The molecular formula is C16H24N2O4S. The van der Waals surface area contributed by atoms with Gasteiger partial charge in [-0.1, -0.05) is 6.42 Å². The zero-order valence-electron chi connectivity index (χ0n) is 13.5. The van der Waals surface area contributed by atoms with E-state index in [4.69, 9.17) is 9.47 Å². The van der Waals surface area contributed by atoms with Gasteiger partial charge in [-0.15, -0.1) is 0 Å². The lowest BCUT2D eigenvalue weighted by atomic mass is 10.1. The lowest BCUT2D eigenvalue weighted by molar-refractivity contribution is 0.171. The SMILES string of the molecule is CN(CCN1CCCCC1)S(=O)(=O)c1ccc2c(c1)OCCO2. The molecule has 1 fully saturated rings. The fourth-order valence-electron chi connectivity index (χ4n) is 2.95. The van der Waals surface area contributed by atoms with Crippen molar-refractivity contribution in [3.63, 3.8) is 0 Å². The molecule has 2 heterocycles. The van der Waals surface area contributed by atoms with Crippen LogP contribution in [-0.4, -0.2) is 64.1 Å². The Morgan fingerprint density at radius 3 is 2.52 bits per heavy atom. The quantitative estimate of drug-likeness (QED) is 0.814. The lowest BCUT2D eigenvalue weighted by Crippen LogP contribution is -2.38. The molecule has 3 rings (SSSR count). The Kier molecular flexibility index (Phi) is 5.08. The van der Waals surface area contributed by atoms with E-state index in [0.29, 0.717) is 31.3 Å². The highest BCUT2D eigenvalue weighted by Crippen LogP contribution is 2.32. The average molecular weight is 340 g/mol. The van der Waals surface area contributed by atoms with Crippen LogP contribution in [0.4, 0.5) is 0 Å². The van der Waals surface area contributed by atoms with Crippen molar-refractivity contribution in [2.45, 2.75) is 24.2 Å². The summed E-state index contributed by atoms with van der Waals surface area (Å²) in [7, 11) is -1.87. The summed E-state index contributed by atoms with van der Waals surface area (Å²) >= 11 is 0. The van der Waals surface area contributed by atoms with E-state index in [2.05, 4.69) is 4.90 Å². The van der Waals surface area contributed by atoms with E-state index in [9.17, 15) is 8.42 Å². The minimum atomic E-state index is -3.50. The lowest BCUT2D eigenvalue weighted by Gasteiger charge is -2.28. The molecule has 23 heavy (non-hydrogen) atoms. The second kappa shape index (κ2) is 7.07. The molecule has 2 aliphatic heterocycles. The predicted molar refractivity (Wildman–Crippen MR) is 87.5 cm³/mol. The molecule has 1 saturated heterocycles. The van der Waals surface area contributed by atoms with Gasteiger partial charge in [0.05, 0.1) is 4.90 Å². The first kappa shape index (κ1) is 16.5. The number of hydrogen-bond acceptors (Lipinski definition) is 5. The molecular weight excluding hydrogens is 316 g/mol. The van der Waals surface area contributed by atoms with Crippen LogP contribution in [-0.2, 0) is 10.0 Å². The fourth-order valence-corrected chi connectivity index (χ4v) is 4.13. The van der Waals surface area contributed by atoms with Crippen LogP contribution in [0.25, 0.3) is 0 Å². The number of ether oxygens (including phenoxy) is 2. The predicted octanol–water partition coefficient (Wildman–Crippen LogP) is 1.56. The van der Waals surface area contributed by atoms with E-state index in [1.54, 1.807) is 25.2 Å². The maximum atomic E-state index is 12.7. The number of rotatable bonds is 5. The third kappa shape index (κ3) is 3.79. The molecule has 0 amide bonds. The zero-order valence-corrected chi connectivity index (χ0v) is 14.3. The summed E-state index contributed by atoms with van der Waals surface area (Å²) in [6.07, 6.45) is 3.69. The van der Waals surface area contributed by atoms with Gasteiger partial charge in [0, 0.05) is 26.2 Å². The zero-order chi connectivity index (χ0) is 16.3. The van der Waals surface area contributed by atoms with Gasteiger partial charge in [-0.25, -0.2) is 8.42 Å². The molecule has 0 aromatic heterocycles. The molecule has 1 aromatic rings. The molecule has 0 bridgehead atoms. The Balaban J connectivity index is 1.67. The number of nitrogens with zero attached hydrogens (tertiary/aromatic N) is 2. The fraction of sp³-hybridized carbons (Fsp3) is 0.625. The van der Waals surface area contributed by atoms with Gasteiger partial charge >= 0.3 is 0 Å². The largest absolute Gasteiger partial charge is 0.486 e. The van der Waals surface area contributed by atoms with Gasteiger partial charge in [0.15, 0.2) is 11.5 Å². The van der Waals surface area contributed by atoms with E-state index < -0.39 is 10.0 Å². The summed E-state index contributed by atoms with van der Waals surface area (Å²) in [6.45, 7) is 4.35. The van der Waals surface area contributed by atoms with E-state index in [1.807, 2.05) is 0 Å². The molecule has 128 valence electrons. The van der Waals surface area contributed by atoms with Crippen molar-refractivity contribution >= 4 is 10.0 Å². The van der Waals surface area contributed by atoms with Crippen molar-refractivity contribution in [1.29, 1.82) is 0 Å². The number of sulfonamides is 1. The Bertz CT molecular complexity index is 641. The van der Waals surface area contributed by atoms with E-state index in [1.165, 1.54) is 23.6 Å². The van der Waals surface area contributed by atoms with Crippen molar-refractivity contribution < 1.29 is 17.9 Å². The Hall–Kier alpha value is -1.31. The highest BCUT2D eigenvalue weighted by Gasteiger charge is 2.24. The van der Waals surface area contributed by atoms with Crippen molar-refractivity contribution in [3.8, 4) is 11.5 Å². The van der Waals surface area contributed by atoms with Crippen molar-refractivity contribution in [1.82, 2.24) is 9.21 Å². The van der Waals surface area contributed by atoms with Gasteiger partial charge in [-0.3, -0.25) is 0 Å². The molecule has 6 nitrogen and oxygen atoms in total. The van der Waals surface area contributed by atoms with Gasteiger partial charge in [0.25, 0.3) is 0 Å². The summed E-state index contributed by atoms with van der Waals surface area (Å²) in [5.41, 5.74) is 0. The van der Waals surface area contributed by atoms with Gasteiger partial charge in [-0.2, -0.15) is 4.31 Å². The normalized spacial score (nSPS) is 19.0. The maximum absolute atomic E-state index is 12.7. The molecule has 0 atom stereocenters. The highest BCUT2D eigenvalue weighted by molar-refractivity contribution is 7.89. The van der Waals surface area contributed by atoms with Crippen LogP contribution in [0.5, 0.6) is 11.5 Å². The monoisotopic (exact) mass is 340 g/mol. The van der Waals surface area contributed by atoms with Crippen molar-refractivity contribution in [3.05, 3.63) is 18.2 Å². The van der Waals surface area contributed by atoms with E-state index in [0.717, 1.165) is 19.6 Å². The van der Waals surface area contributed by atoms with Crippen LogP contribution in [0.3, 0.4) is 0 Å². The second-order valence-corrected chi connectivity index (χ2v) is 8.08. The molecule has 0 saturated carbocycles. The van der Waals surface area contributed by atoms with Crippen LogP contribution < -0.4 is 9.47 Å². The Labute approximate surface area is 138 Å². The molecule has 2 aliphatic rings. The molecule has 0 N–H and O–H groups in total. The van der Waals surface area contributed by atoms with E-state index >= 15 is 0 Å². The van der Waals surface area contributed by atoms with Gasteiger partial charge in [0.1, 0.15) is 13.2 Å². The molecule has 1 aromatic carbocycles. The third-order valence-electron chi connectivity index (χ3n) is 4.40. The minimum Gasteiger partial charge on any atom is -0.486 e. The number of hydrogen-bond donors (Lipinski definition) is 0. The Morgan fingerprint density at radius 1 is 1.09 bits per heavy atom. The number of piperidine rings is 1. The number of likely N-dealkylation sites (tertiary alicyclic amines) is 1. The first-order chi connectivity index (χ1) is 11.1. The summed E-state index contributed by atoms with van der Waals surface area (Å²) < 4.78 is 37.7. The second-order valence-electron chi connectivity index (χ2n) is 6.03. The minimum absolute atomic E-state index is 0.253. The summed E-state index contributed by atoms with van der Waals surface area (Å²) in [6, 6.07) is 4.81. The molecule has 0 radical (unpaired) electrons. The van der Waals surface area contributed by atoms with Crippen LogP contribution >= 0.6 is 0 Å². The van der Waals surface area contributed by atoms with Crippen molar-refractivity contribution in [2.24, 2.45) is 0 Å². The van der Waals surface area contributed by atoms with Crippen molar-refractivity contribution in [2.75, 3.05) is 46.4 Å². The number of benzene rings is 1. The molecule has 0 unspecified atom stereocenters. The van der Waals surface area contributed by atoms with Crippen LogP contribution in [0.15, 0.2) is 23.1 Å². The van der Waals surface area contributed by atoms with Gasteiger partial charge in [-0.05, 0) is 38.1 Å². The maximum Gasteiger partial charge on any atom is 0.242 e. The summed E-state index contributed by atoms with van der Waals surface area (Å²) in [4.78, 5) is 2.59. The van der Waals surface area contributed by atoms with Crippen LogP contribution in [0.1, 0.15) is 19.3 Å². The summed E-state index contributed by atoms with van der Waals surface area (Å²) in [5, 5.41) is 0. The standard InChI is InChI=1S/C16H24N2O4S/c1-17(9-10-18-7-3-2-4-8-18)23(19,20)14-5-6-15-16(13-14)22-12-11-21-15/h5-6,13H,2-4,7-12H2,1H3. The molecule has 0 spiro atoms. The molecule has 0 aliphatic carbocycles. The smallest absolute Gasteiger partial charge is 0.242 e. The van der Waals surface area contributed by atoms with Crippen LogP contribution in [0.2, 0.25) is 0 Å². The van der Waals surface area contributed by atoms with Gasteiger partial charge < -0.3 is 14.4 Å². The van der Waals surface area contributed by atoms with Gasteiger partial charge in [0.2, 0.25) is 10.0 Å². The topological polar surface area (TPSA) is 59.1 Å². The molecule has 7 heteroatoms. The average Bonchev–Trinajstić information content (AvgIpc) is 2.60. The Morgan fingerprint density at radius 2 is 1.78 bits per heavy atom. The van der Waals surface area contributed by atoms with Crippen LogP contribution in [0, 0.1) is 0 Å². The first-order valence-corrected chi connectivity index (χ1v) is 9.60. The number of fused-ring (bicyclic) bond motifs is 1. The van der Waals surface area contributed by atoms with E-state index in [-0.39, 0.29) is 4.90 Å². The third-order valence-corrected chi connectivity index (χ3v) is 6.25. The number of likely N-dealkylation sites (N-methyl/N-ethyl adjacent to an activating group) is 1.